The van der Waals surface area contributed by atoms with Crippen molar-refractivity contribution in [3.8, 4) is 11.8 Å². The molecule has 0 fully saturated rings. The smallest absolute Gasteiger partial charge is 0.322 e. The van der Waals surface area contributed by atoms with Gasteiger partial charge in [0, 0.05) is 12.2 Å². The molecule has 4 nitrogen and oxygen atoms in total. The summed E-state index contributed by atoms with van der Waals surface area (Å²) in [6, 6.07) is 8.42. The molecule has 0 aliphatic rings. The number of benzene rings is 1. The molecular formula is C16H21N3O. The Morgan fingerprint density at radius 2 is 1.90 bits per heavy atom. The lowest BCUT2D eigenvalue weighted by Crippen LogP contribution is -2.04. The molecule has 2 aromatic rings. The highest BCUT2D eigenvalue weighted by atomic mass is 16.5. The number of ether oxygens (including phenoxy) is 1. The van der Waals surface area contributed by atoms with Crippen LogP contribution in [0.5, 0.6) is 11.8 Å². The molecule has 0 spiro atoms. The van der Waals surface area contributed by atoms with Gasteiger partial charge in [0.2, 0.25) is 0 Å². The van der Waals surface area contributed by atoms with E-state index >= 15 is 0 Å². The maximum Gasteiger partial charge on any atom is 0.322 e. The fourth-order valence-electron chi connectivity index (χ4n) is 2.06. The number of nitrogens with two attached hydrogens (primary N) is 1. The topological polar surface area (TPSA) is 61.0 Å². The molecule has 106 valence electrons. The molecule has 0 bridgehead atoms. The second-order valence-electron chi connectivity index (χ2n) is 5.29. The molecule has 0 aliphatic carbocycles. The van der Waals surface area contributed by atoms with Crippen LogP contribution in [0.15, 0.2) is 24.3 Å². The Morgan fingerprint density at radius 3 is 2.55 bits per heavy atom. The van der Waals surface area contributed by atoms with Crippen LogP contribution >= 0.6 is 0 Å². The van der Waals surface area contributed by atoms with Crippen LogP contribution in [0.4, 0.5) is 0 Å². The molecule has 0 saturated heterocycles. The van der Waals surface area contributed by atoms with Crippen LogP contribution in [-0.4, -0.2) is 9.97 Å². The second kappa shape index (κ2) is 6.01. The average Bonchev–Trinajstić information content (AvgIpc) is 2.37. The normalized spacial score (nSPS) is 10.9. The summed E-state index contributed by atoms with van der Waals surface area (Å²) in [5, 5.41) is 0. The standard InChI is InChI=1S/C16H21N3O/c1-10(2)14-6-5-11(3)7-15(14)20-16-18-12(4)8-13(9-17)19-16/h5-8,10H,9,17H2,1-4H3. The largest absolute Gasteiger partial charge is 0.424 e. The van der Waals surface area contributed by atoms with Gasteiger partial charge in [0.1, 0.15) is 5.75 Å². The zero-order chi connectivity index (χ0) is 14.7. The molecule has 20 heavy (non-hydrogen) atoms. The third-order valence-corrected chi connectivity index (χ3v) is 3.09. The first kappa shape index (κ1) is 14.5. The van der Waals surface area contributed by atoms with Gasteiger partial charge in [-0.2, -0.15) is 4.98 Å². The van der Waals surface area contributed by atoms with Crippen LogP contribution in [0.25, 0.3) is 0 Å². The van der Waals surface area contributed by atoms with Crippen LogP contribution in [0.3, 0.4) is 0 Å². The van der Waals surface area contributed by atoms with Crippen LogP contribution in [0.1, 0.15) is 42.3 Å². The van der Waals surface area contributed by atoms with E-state index in [2.05, 4.69) is 35.9 Å². The first-order valence-corrected chi connectivity index (χ1v) is 6.82. The summed E-state index contributed by atoms with van der Waals surface area (Å²) in [6.07, 6.45) is 0. The highest BCUT2D eigenvalue weighted by Crippen LogP contribution is 2.30. The van der Waals surface area contributed by atoms with Gasteiger partial charge in [-0.05, 0) is 43.0 Å². The molecule has 0 saturated carbocycles. The van der Waals surface area contributed by atoms with Crippen molar-refractivity contribution in [1.82, 2.24) is 9.97 Å². The molecule has 0 radical (unpaired) electrons. The minimum absolute atomic E-state index is 0.359. The summed E-state index contributed by atoms with van der Waals surface area (Å²) in [6.45, 7) is 8.61. The Labute approximate surface area is 120 Å². The Morgan fingerprint density at radius 1 is 1.15 bits per heavy atom. The summed E-state index contributed by atoms with van der Waals surface area (Å²) >= 11 is 0. The van der Waals surface area contributed by atoms with E-state index in [1.165, 1.54) is 0 Å². The molecule has 2 rings (SSSR count). The van der Waals surface area contributed by atoms with Gasteiger partial charge < -0.3 is 10.5 Å². The SMILES string of the molecule is Cc1ccc(C(C)C)c(Oc2nc(C)cc(CN)n2)c1. The fraction of sp³-hybridized carbons (Fsp3) is 0.375. The lowest BCUT2D eigenvalue weighted by atomic mass is 10.0. The minimum Gasteiger partial charge on any atom is -0.424 e. The number of hydrogen-bond donors (Lipinski definition) is 1. The van der Waals surface area contributed by atoms with E-state index in [9.17, 15) is 0 Å². The molecule has 0 unspecified atom stereocenters. The molecule has 4 heteroatoms. The Balaban J connectivity index is 2.38. The van der Waals surface area contributed by atoms with E-state index in [-0.39, 0.29) is 0 Å². The summed E-state index contributed by atoms with van der Waals surface area (Å²) in [4.78, 5) is 8.64. The van der Waals surface area contributed by atoms with Crippen LogP contribution in [0, 0.1) is 13.8 Å². The third-order valence-electron chi connectivity index (χ3n) is 3.09. The van der Waals surface area contributed by atoms with Gasteiger partial charge in [-0.3, -0.25) is 0 Å². The Kier molecular flexibility index (Phi) is 4.35. The van der Waals surface area contributed by atoms with Crippen molar-refractivity contribution >= 4 is 0 Å². The van der Waals surface area contributed by atoms with Crippen LogP contribution in [0.2, 0.25) is 0 Å². The van der Waals surface area contributed by atoms with E-state index in [4.69, 9.17) is 10.5 Å². The van der Waals surface area contributed by atoms with E-state index in [0.29, 0.717) is 18.5 Å². The van der Waals surface area contributed by atoms with Crippen molar-refractivity contribution in [3.05, 3.63) is 46.8 Å². The van der Waals surface area contributed by atoms with Gasteiger partial charge in [0.05, 0.1) is 5.69 Å². The maximum absolute atomic E-state index is 5.90. The Bertz CT molecular complexity index is 609. The van der Waals surface area contributed by atoms with Crippen molar-refractivity contribution < 1.29 is 4.74 Å². The average molecular weight is 271 g/mol. The second-order valence-corrected chi connectivity index (χ2v) is 5.29. The quantitative estimate of drug-likeness (QED) is 0.925. The number of aryl methyl sites for hydroxylation is 2. The number of hydrogen-bond acceptors (Lipinski definition) is 4. The monoisotopic (exact) mass is 271 g/mol. The molecular weight excluding hydrogens is 250 g/mol. The van der Waals surface area contributed by atoms with Gasteiger partial charge in [-0.25, -0.2) is 4.98 Å². The van der Waals surface area contributed by atoms with Crippen molar-refractivity contribution in [1.29, 1.82) is 0 Å². The number of nitrogens with zero attached hydrogens (tertiary/aromatic N) is 2. The molecule has 1 aromatic carbocycles. The molecule has 1 heterocycles. The van der Waals surface area contributed by atoms with E-state index in [1.807, 2.05) is 26.0 Å². The number of aromatic nitrogens is 2. The van der Waals surface area contributed by atoms with Crippen LogP contribution in [-0.2, 0) is 6.54 Å². The highest BCUT2D eigenvalue weighted by Gasteiger charge is 2.11. The van der Waals surface area contributed by atoms with E-state index in [0.717, 1.165) is 28.3 Å². The summed E-state index contributed by atoms with van der Waals surface area (Å²) in [7, 11) is 0. The molecule has 0 atom stereocenters. The first-order chi connectivity index (χ1) is 9.49. The van der Waals surface area contributed by atoms with E-state index < -0.39 is 0 Å². The third kappa shape index (κ3) is 3.33. The van der Waals surface area contributed by atoms with Gasteiger partial charge in [0.25, 0.3) is 0 Å². The zero-order valence-electron chi connectivity index (χ0n) is 12.5. The van der Waals surface area contributed by atoms with Gasteiger partial charge in [-0.1, -0.05) is 26.0 Å². The molecule has 0 amide bonds. The van der Waals surface area contributed by atoms with Gasteiger partial charge in [-0.15, -0.1) is 0 Å². The Hall–Kier alpha value is -1.94. The molecule has 0 aliphatic heterocycles. The fourth-order valence-corrected chi connectivity index (χ4v) is 2.06. The zero-order valence-corrected chi connectivity index (χ0v) is 12.5. The summed E-state index contributed by atoms with van der Waals surface area (Å²) in [5.74, 6) is 1.19. The van der Waals surface area contributed by atoms with Crippen LogP contribution < -0.4 is 10.5 Å². The van der Waals surface area contributed by atoms with Crippen molar-refractivity contribution in [2.75, 3.05) is 0 Å². The predicted octanol–water partition coefficient (Wildman–Crippen LogP) is 3.47. The molecule has 1 aromatic heterocycles. The predicted molar refractivity (Wildman–Crippen MR) is 80.0 cm³/mol. The van der Waals surface area contributed by atoms with Gasteiger partial charge >= 0.3 is 6.01 Å². The van der Waals surface area contributed by atoms with Crippen molar-refractivity contribution in [2.24, 2.45) is 5.73 Å². The molecule has 2 N–H and O–H groups in total. The minimum atomic E-state index is 0.359. The van der Waals surface area contributed by atoms with Crippen molar-refractivity contribution in [2.45, 2.75) is 40.2 Å². The number of rotatable bonds is 4. The summed E-state index contributed by atoms with van der Waals surface area (Å²) < 4.78 is 5.90. The van der Waals surface area contributed by atoms with E-state index in [1.54, 1.807) is 0 Å². The lowest BCUT2D eigenvalue weighted by molar-refractivity contribution is 0.430. The van der Waals surface area contributed by atoms with Crippen molar-refractivity contribution in [3.63, 3.8) is 0 Å². The highest BCUT2D eigenvalue weighted by molar-refractivity contribution is 5.40. The lowest BCUT2D eigenvalue weighted by Gasteiger charge is -2.14. The maximum atomic E-state index is 5.90. The summed E-state index contributed by atoms with van der Waals surface area (Å²) in [5.41, 5.74) is 9.57. The van der Waals surface area contributed by atoms with Gasteiger partial charge in [0.15, 0.2) is 0 Å². The first-order valence-electron chi connectivity index (χ1n) is 6.82.